The molecule has 1 aromatic carbocycles. The number of aryl methyl sites for hydroxylation is 1. The first kappa shape index (κ1) is 16.1. The normalized spacial score (nSPS) is 9.79. The zero-order valence-corrected chi connectivity index (χ0v) is 14.0. The van der Waals surface area contributed by atoms with E-state index in [1.54, 1.807) is 31.2 Å². The topological polar surface area (TPSA) is 75.0 Å². The molecule has 0 unspecified atom stereocenters. The zero-order valence-electron chi connectivity index (χ0n) is 10.4. The molecule has 0 radical (unpaired) electrons. The van der Waals surface area contributed by atoms with E-state index in [0.717, 1.165) is 4.47 Å². The molecule has 0 aliphatic heterocycles. The third-order valence-electron chi connectivity index (χ3n) is 2.37. The molecule has 0 aliphatic carbocycles. The van der Waals surface area contributed by atoms with Crippen LogP contribution in [0, 0.1) is 6.92 Å². The number of aromatic carboxylic acids is 1. The molecule has 0 amide bonds. The van der Waals surface area contributed by atoms with Crippen molar-refractivity contribution in [3.05, 3.63) is 56.4 Å². The SMILES string of the molecule is Cc1cc(=O)c(C(=O)[O-])nn1-c1ccc(Br)cc1.[Na+]. The summed E-state index contributed by atoms with van der Waals surface area (Å²) in [5.74, 6) is -1.58. The van der Waals surface area contributed by atoms with Gasteiger partial charge in [0, 0.05) is 16.2 Å². The molecule has 19 heavy (non-hydrogen) atoms. The molecule has 1 aromatic heterocycles. The van der Waals surface area contributed by atoms with Crippen molar-refractivity contribution in [3.63, 3.8) is 0 Å². The van der Waals surface area contributed by atoms with Gasteiger partial charge in [0.25, 0.3) is 0 Å². The van der Waals surface area contributed by atoms with Crippen LogP contribution in [0.2, 0.25) is 0 Å². The number of aromatic nitrogens is 2. The van der Waals surface area contributed by atoms with Crippen molar-refractivity contribution in [3.8, 4) is 5.69 Å². The summed E-state index contributed by atoms with van der Waals surface area (Å²) in [6.07, 6.45) is 0. The number of halogens is 1. The van der Waals surface area contributed by atoms with Crippen LogP contribution in [0.5, 0.6) is 0 Å². The Labute approximate surface area is 139 Å². The first-order valence-corrected chi connectivity index (χ1v) is 5.86. The average Bonchev–Trinajstić information content (AvgIpc) is 2.30. The van der Waals surface area contributed by atoms with Crippen molar-refractivity contribution < 1.29 is 39.5 Å². The van der Waals surface area contributed by atoms with E-state index in [1.807, 2.05) is 0 Å². The van der Waals surface area contributed by atoms with Crippen LogP contribution >= 0.6 is 15.9 Å². The second kappa shape index (κ2) is 6.47. The summed E-state index contributed by atoms with van der Waals surface area (Å²) in [4.78, 5) is 22.2. The Morgan fingerprint density at radius 3 is 2.42 bits per heavy atom. The summed E-state index contributed by atoms with van der Waals surface area (Å²) >= 11 is 3.30. The summed E-state index contributed by atoms with van der Waals surface area (Å²) < 4.78 is 2.28. The third-order valence-corrected chi connectivity index (χ3v) is 2.90. The van der Waals surface area contributed by atoms with Gasteiger partial charge in [-0.25, -0.2) is 4.68 Å². The van der Waals surface area contributed by atoms with Gasteiger partial charge in [0.1, 0.15) is 0 Å². The molecule has 0 aliphatic rings. The molecule has 5 nitrogen and oxygen atoms in total. The van der Waals surface area contributed by atoms with Crippen LogP contribution in [-0.4, -0.2) is 15.7 Å². The van der Waals surface area contributed by atoms with Crippen molar-refractivity contribution in [2.45, 2.75) is 6.92 Å². The van der Waals surface area contributed by atoms with Crippen LogP contribution in [0.3, 0.4) is 0 Å². The fourth-order valence-corrected chi connectivity index (χ4v) is 1.80. The molecular weight excluding hydrogens is 323 g/mol. The first-order chi connectivity index (χ1) is 8.49. The van der Waals surface area contributed by atoms with E-state index in [0.29, 0.717) is 11.4 Å². The molecule has 0 N–H and O–H groups in total. The van der Waals surface area contributed by atoms with E-state index in [-0.39, 0.29) is 29.6 Å². The second-order valence-corrected chi connectivity index (χ2v) is 4.59. The number of carboxylic acids is 1. The first-order valence-electron chi connectivity index (χ1n) is 5.07. The number of benzene rings is 1. The third kappa shape index (κ3) is 3.54. The molecule has 0 saturated heterocycles. The van der Waals surface area contributed by atoms with E-state index in [4.69, 9.17) is 0 Å². The van der Waals surface area contributed by atoms with Gasteiger partial charge in [0.2, 0.25) is 5.43 Å². The number of hydrogen-bond acceptors (Lipinski definition) is 4. The maximum atomic E-state index is 11.4. The molecule has 1 heterocycles. The van der Waals surface area contributed by atoms with Crippen LogP contribution in [0.15, 0.2) is 39.6 Å². The maximum absolute atomic E-state index is 11.4. The van der Waals surface area contributed by atoms with Crippen LogP contribution in [0.25, 0.3) is 5.69 Å². The Kier molecular flexibility index (Phi) is 5.49. The standard InChI is InChI=1S/C12H9BrN2O3.Na/c1-7-6-10(16)11(12(17)18)14-15(7)9-4-2-8(13)3-5-9;/h2-6H,1H3,(H,17,18);/q;+1/p-1. The fourth-order valence-electron chi connectivity index (χ4n) is 1.53. The molecule has 2 aromatic rings. The average molecular weight is 331 g/mol. The van der Waals surface area contributed by atoms with Crippen LogP contribution in [0.4, 0.5) is 0 Å². The van der Waals surface area contributed by atoms with Crippen LogP contribution < -0.4 is 40.1 Å². The van der Waals surface area contributed by atoms with Gasteiger partial charge in [-0.15, -0.1) is 0 Å². The molecule has 0 bridgehead atoms. The van der Waals surface area contributed by atoms with E-state index in [9.17, 15) is 14.7 Å². The maximum Gasteiger partial charge on any atom is 1.00 e. The van der Waals surface area contributed by atoms with Crippen molar-refractivity contribution in [1.29, 1.82) is 0 Å². The Morgan fingerprint density at radius 2 is 1.89 bits per heavy atom. The number of carbonyl (C=O) groups excluding carboxylic acids is 1. The van der Waals surface area contributed by atoms with Gasteiger partial charge in [0.05, 0.1) is 11.7 Å². The van der Waals surface area contributed by atoms with E-state index in [2.05, 4.69) is 21.0 Å². The Bertz CT molecular complexity index is 668. The van der Waals surface area contributed by atoms with Crippen LogP contribution in [-0.2, 0) is 0 Å². The van der Waals surface area contributed by atoms with Gasteiger partial charge in [-0.2, -0.15) is 5.10 Å². The Morgan fingerprint density at radius 1 is 1.32 bits per heavy atom. The summed E-state index contributed by atoms with van der Waals surface area (Å²) in [6.45, 7) is 1.68. The summed E-state index contributed by atoms with van der Waals surface area (Å²) in [5.41, 5.74) is -0.0325. The molecule has 0 fully saturated rings. The van der Waals surface area contributed by atoms with Crippen molar-refractivity contribution in [2.24, 2.45) is 0 Å². The molecule has 0 atom stereocenters. The predicted octanol–water partition coefficient (Wildman–Crippen LogP) is -2.33. The minimum Gasteiger partial charge on any atom is -0.543 e. The van der Waals surface area contributed by atoms with Crippen molar-refractivity contribution >= 4 is 21.9 Å². The molecule has 0 saturated carbocycles. The van der Waals surface area contributed by atoms with Gasteiger partial charge in [0.15, 0.2) is 5.69 Å². The monoisotopic (exact) mass is 330 g/mol. The molecular formula is C12H8BrN2NaO3. The smallest absolute Gasteiger partial charge is 0.543 e. The number of rotatable bonds is 2. The largest absolute Gasteiger partial charge is 1.00 e. The molecule has 92 valence electrons. The van der Waals surface area contributed by atoms with Crippen LogP contribution in [0.1, 0.15) is 16.2 Å². The number of hydrogen-bond donors (Lipinski definition) is 0. The molecule has 2 rings (SSSR count). The fraction of sp³-hybridized carbons (Fsp3) is 0.0833. The molecule has 7 heteroatoms. The Balaban J connectivity index is 0.00000180. The van der Waals surface area contributed by atoms with Gasteiger partial charge >= 0.3 is 29.6 Å². The summed E-state index contributed by atoms with van der Waals surface area (Å²) in [5, 5.41) is 14.6. The Hall–Kier alpha value is -0.950. The number of carbonyl (C=O) groups is 1. The molecule has 0 spiro atoms. The van der Waals surface area contributed by atoms with Crippen molar-refractivity contribution in [1.82, 2.24) is 9.78 Å². The quantitative estimate of drug-likeness (QED) is 0.579. The predicted molar refractivity (Wildman–Crippen MR) is 66.6 cm³/mol. The minimum absolute atomic E-state index is 0. The number of nitrogens with zero attached hydrogens (tertiary/aromatic N) is 2. The number of carboxylic acid groups (broad SMARTS) is 1. The van der Waals surface area contributed by atoms with E-state index >= 15 is 0 Å². The zero-order chi connectivity index (χ0) is 13.3. The van der Waals surface area contributed by atoms with Gasteiger partial charge in [-0.3, -0.25) is 4.79 Å². The van der Waals surface area contributed by atoms with E-state index in [1.165, 1.54) is 10.7 Å². The minimum atomic E-state index is -1.58. The second-order valence-electron chi connectivity index (χ2n) is 3.67. The van der Waals surface area contributed by atoms with Gasteiger partial charge in [-0.05, 0) is 31.2 Å². The van der Waals surface area contributed by atoms with Gasteiger partial charge in [-0.1, -0.05) is 15.9 Å². The van der Waals surface area contributed by atoms with E-state index < -0.39 is 17.1 Å². The summed E-state index contributed by atoms with van der Waals surface area (Å²) in [7, 11) is 0. The van der Waals surface area contributed by atoms with Crippen molar-refractivity contribution in [2.75, 3.05) is 0 Å². The van der Waals surface area contributed by atoms with Gasteiger partial charge < -0.3 is 9.90 Å². The summed E-state index contributed by atoms with van der Waals surface area (Å²) in [6, 6.07) is 8.34.